The maximum atomic E-state index is 6.10. The van der Waals surface area contributed by atoms with E-state index in [2.05, 4.69) is 45.9 Å². The summed E-state index contributed by atoms with van der Waals surface area (Å²) in [7, 11) is 4.14. The van der Waals surface area contributed by atoms with Crippen molar-refractivity contribution in [1.29, 1.82) is 0 Å². The van der Waals surface area contributed by atoms with E-state index in [0.29, 0.717) is 5.96 Å². The number of aliphatic imine (C=N–C) groups is 1. The summed E-state index contributed by atoms with van der Waals surface area (Å²) in [6.07, 6.45) is 1.04. The zero-order chi connectivity index (χ0) is 15.9. The molecule has 0 radical (unpaired) electrons. The van der Waals surface area contributed by atoms with E-state index < -0.39 is 0 Å². The number of guanidine groups is 1. The van der Waals surface area contributed by atoms with Crippen LogP contribution in [0.1, 0.15) is 6.42 Å². The quantitative estimate of drug-likeness (QED) is 0.323. The van der Waals surface area contributed by atoms with Gasteiger partial charge in [-0.05, 0) is 51.3 Å². The Labute approximate surface area is 161 Å². The predicted octanol–water partition coefficient (Wildman–Crippen LogP) is 2.35. The molecule has 1 heterocycles. The lowest BCUT2D eigenvalue weighted by molar-refractivity contribution is 0.378. The van der Waals surface area contributed by atoms with Crippen molar-refractivity contribution in [1.82, 2.24) is 9.80 Å². The zero-order valence-corrected chi connectivity index (χ0v) is 17.0. The number of hydrogen-bond acceptors (Lipinski definition) is 3. The SMILES string of the molecule is CN(C)CCCN=C(N)N1CCN(c2ccc(Cl)cc2)CC1.I. The molecule has 5 nitrogen and oxygen atoms in total. The molecule has 0 aliphatic carbocycles. The van der Waals surface area contributed by atoms with Crippen LogP contribution in [0.4, 0.5) is 5.69 Å². The molecule has 1 aliphatic heterocycles. The highest BCUT2D eigenvalue weighted by Gasteiger charge is 2.18. The Morgan fingerprint density at radius 1 is 1.17 bits per heavy atom. The smallest absolute Gasteiger partial charge is 0.191 e. The van der Waals surface area contributed by atoms with E-state index in [9.17, 15) is 0 Å². The van der Waals surface area contributed by atoms with Gasteiger partial charge in [-0.15, -0.1) is 24.0 Å². The van der Waals surface area contributed by atoms with Crippen molar-refractivity contribution in [2.75, 3.05) is 58.3 Å². The fraction of sp³-hybridized carbons (Fsp3) is 0.562. The van der Waals surface area contributed by atoms with Crippen LogP contribution in [0, 0.1) is 0 Å². The molecular weight excluding hydrogens is 425 g/mol. The minimum Gasteiger partial charge on any atom is -0.370 e. The van der Waals surface area contributed by atoms with E-state index in [1.54, 1.807) is 0 Å². The number of benzene rings is 1. The van der Waals surface area contributed by atoms with Gasteiger partial charge in [-0.1, -0.05) is 11.6 Å². The van der Waals surface area contributed by atoms with E-state index in [1.807, 2.05) is 12.1 Å². The molecule has 1 saturated heterocycles. The lowest BCUT2D eigenvalue weighted by Crippen LogP contribution is -2.51. The normalized spacial score (nSPS) is 15.7. The van der Waals surface area contributed by atoms with Crippen LogP contribution in [0.25, 0.3) is 0 Å². The van der Waals surface area contributed by atoms with Crippen molar-refractivity contribution in [2.24, 2.45) is 10.7 Å². The number of rotatable bonds is 5. The first kappa shape index (κ1) is 20.3. The van der Waals surface area contributed by atoms with Gasteiger partial charge in [0.2, 0.25) is 0 Å². The van der Waals surface area contributed by atoms with E-state index in [4.69, 9.17) is 17.3 Å². The van der Waals surface area contributed by atoms with Gasteiger partial charge in [0.05, 0.1) is 0 Å². The molecule has 1 aromatic carbocycles. The highest BCUT2D eigenvalue weighted by Crippen LogP contribution is 2.19. The van der Waals surface area contributed by atoms with Crippen LogP contribution >= 0.6 is 35.6 Å². The first-order valence-corrected chi connectivity index (χ1v) is 8.14. The lowest BCUT2D eigenvalue weighted by atomic mass is 10.2. The summed E-state index contributed by atoms with van der Waals surface area (Å²) >= 11 is 5.93. The van der Waals surface area contributed by atoms with Crippen LogP contribution in [0.15, 0.2) is 29.3 Å². The van der Waals surface area contributed by atoms with Crippen LogP contribution in [0.2, 0.25) is 5.02 Å². The molecule has 0 atom stereocenters. The summed E-state index contributed by atoms with van der Waals surface area (Å²) in [5, 5.41) is 0.775. The Morgan fingerprint density at radius 3 is 2.35 bits per heavy atom. The van der Waals surface area contributed by atoms with Gasteiger partial charge in [0.25, 0.3) is 0 Å². The van der Waals surface area contributed by atoms with E-state index in [-0.39, 0.29) is 24.0 Å². The average Bonchev–Trinajstić information content (AvgIpc) is 2.52. The van der Waals surface area contributed by atoms with Crippen LogP contribution < -0.4 is 10.6 Å². The number of nitrogens with zero attached hydrogens (tertiary/aromatic N) is 4. The van der Waals surface area contributed by atoms with Crippen molar-refractivity contribution >= 4 is 47.2 Å². The second kappa shape index (κ2) is 10.2. The fourth-order valence-electron chi connectivity index (χ4n) is 2.53. The summed E-state index contributed by atoms with van der Waals surface area (Å²) in [6.45, 7) is 5.56. The summed E-state index contributed by atoms with van der Waals surface area (Å²) in [4.78, 5) is 11.2. The molecule has 1 fully saturated rings. The average molecular weight is 452 g/mol. The molecule has 0 bridgehead atoms. The first-order chi connectivity index (χ1) is 10.6. The molecule has 0 unspecified atom stereocenters. The number of piperazine rings is 1. The van der Waals surface area contributed by atoms with Gasteiger partial charge in [-0.2, -0.15) is 0 Å². The molecule has 0 saturated carbocycles. The highest BCUT2D eigenvalue weighted by atomic mass is 127. The minimum atomic E-state index is 0. The van der Waals surface area contributed by atoms with Crippen LogP contribution in [-0.2, 0) is 0 Å². The molecule has 23 heavy (non-hydrogen) atoms. The van der Waals surface area contributed by atoms with Gasteiger partial charge in [0, 0.05) is 43.4 Å². The molecule has 1 aliphatic rings. The standard InChI is InChI=1S/C16H26ClN5.HI/c1-20(2)9-3-8-19-16(18)22-12-10-21(11-13-22)15-6-4-14(17)5-7-15;/h4-7H,3,8-13H2,1-2H3,(H2,18,19);1H. The molecule has 0 aromatic heterocycles. The van der Waals surface area contributed by atoms with Crippen molar-refractivity contribution in [3.63, 3.8) is 0 Å². The maximum absolute atomic E-state index is 6.10. The molecular formula is C16H27ClIN5. The first-order valence-electron chi connectivity index (χ1n) is 7.76. The molecule has 0 spiro atoms. The third-order valence-corrected chi connectivity index (χ3v) is 4.08. The van der Waals surface area contributed by atoms with Crippen molar-refractivity contribution in [2.45, 2.75) is 6.42 Å². The number of nitrogens with two attached hydrogens (primary N) is 1. The highest BCUT2D eigenvalue weighted by molar-refractivity contribution is 14.0. The molecule has 2 N–H and O–H groups in total. The Morgan fingerprint density at radius 2 is 1.78 bits per heavy atom. The number of hydrogen-bond donors (Lipinski definition) is 1. The van der Waals surface area contributed by atoms with Gasteiger partial charge < -0.3 is 20.4 Å². The summed E-state index contributed by atoms with van der Waals surface area (Å²) in [5.41, 5.74) is 7.31. The summed E-state index contributed by atoms with van der Waals surface area (Å²) < 4.78 is 0. The molecule has 1 aromatic rings. The van der Waals surface area contributed by atoms with Crippen molar-refractivity contribution < 1.29 is 0 Å². The van der Waals surface area contributed by atoms with Gasteiger partial charge in [0.15, 0.2) is 5.96 Å². The van der Waals surface area contributed by atoms with Crippen molar-refractivity contribution in [3.05, 3.63) is 29.3 Å². The Balaban J connectivity index is 0.00000264. The van der Waals surface area contributed by atoms with E-state index in [1.165, 1.54) is 5.69 Å². The van der Waals surface area contributed by atoms with E-state index in [0.717, 1.165) is 50.7 Å². The molecule has 2 rings (SSSR count). The molecule has 130 valence electrons. The second-order valence-corrected chi connectivity index (χ2v) is 6.28. The van der Waals surface area contributed by atoms with Crippen LogP contribution in [0.3, 0.4) is 0 Å². The number of halogens is 2. The van der Waals surface area contributed by atoms with E-state index >= 15 is 0 Å². The van der Waals surface area contributed by atoms with Gasteiger partial charge in [-0.25, -0.2) is 0 Å². The van der Waals surface area contributed by atoms with Crippen LogP contribution in [-0.4, -0.2) is 69.1 Å². The predicted molar refractivity (Wildman–Crippen MR) is 110 cm³/mol. The zero-order valence-electron chi connectivity index (χ0n) is 13.9. The largest absolute Gasteiger partial charge is 0.370 e. The van der Waals surface area contributed by atoms with Gasteiger partial charge in [0.1, 0.15) is 0 Å². The summed E-state index contributed by atoms with van der Waals surface area (Å²) in [5.74, 6) is 0.675. The fourth-order valence-corrected chi connectivity index (χ4v) is 2.65. The Bertz CT molecular complexity index is 484. The third kappa shape index (κ3) is 6.73. The topological polar surface area (TPSA) is 48.1 Å². The number of anilines is 1. The maximum Gasteiger partial charge on any atom is 0.191 e. The molecule has 0 amide bonds. The second-order valence-electron chi connectivity index (χ2n) is 5.85. The van der Waals surface area contributed by atoms with Crippen LogP contribution in [0.5, 0.6) is 0 Å². The molecule has 7 heteroatoms. The minimum absolute atomic E-state index is 0. The van der Waals surface area contributed by atoms with Gasteiger partial charge >= 0.3 is 0 Å². The third-order valence-electron chi connectivity index (χ3n) is 3.83. The Kier molecular flexibility index (Phi) is 9.01. The summed E-state index contributed by atoms with van der Waals surface area (Å²) in [6, 6.07) is 8.00. The monoisotopic (exact) mass is 451 g/mol. The van der Waals surface area contributed by atoms with Crippen molar-refractivity contribution in [3.8, 4) is 0 Å². The van der Waals surface area contributed by atoms with Gasteiger partial charge in [-0.3, -0.25) is 4.99 Å². The Hall–Kier alpha value is -0.730. The lowest BCUT2D eigenvalue weighted by Gasteiger charge is -2.36.